The second-order valence-corrected chi connectivity index (χ2v) is 5.74. The van der Waals surface area contributed by atoms with Crippen molar-refractivity contribution in [3.8, 4) is 5.95 Å². The topological polar surface area (TPSA) is 94.5 Å². The van der Waals surface area contributed by atoms with E-state index in [0.717, 1.165) is 22.0 Å². The fourth-order valence-corrected chi connectivity index (χ4v) is 2.76. The molecule has 0 radical (unpaired) electrons. The lowest BCUT2D eigenvalue weighted by molar-refractivity contribution is 0.626. The zero-order valence-electron chi connectivity index (χ0n) is 13.8. The molecule has 0 aliphatic heterocycles. The minimum Gasteiger partial charge on any atom is -0.365 e. The molecule has 3 N–H and O–H groups in total. The Morgan fingerprint density at radius 3 is 2.85 bits per heavy atom. The van der Waals surface area contributed by atoms with E-state index < -0.39 is 0 Å². The Balaban J connectivity index is 1.62. The molecule has 130 valence electrons. The van der Waals surface area contributed by atoms with Crippen molar-refractivity contribution in [1.82, 2.24) is 25.0 Å². The van der Waals surface area contributed by atoms with Crippen molar-refractivity contribution in [2.75, 3.05) is 5.32 Å². The van der Waals surface area contributed by atoms with Crippen LogP contribution in [0.25, 0.3) is 16.9 Å². The largest absolute Gasteiger partial charge is 0.365 e. The Morgan fingerprint density at radius 1 is 1.12 bits per heavy atom. The summed E-state index contributed by atoms with van der Waals surface area (Å²) in [6, 6.07) is 12.2. The average Bonchev–Trinajstić information content (AvgIpc) is 3.11. The first kappa shape index (κ1) is 16.1. The maximum atomic E-state index is 13.3. The quantitative estimate of drug-likeness (QED) is 0.575. The van der Waals surface area contributed by atoms with Gasteiger partial charge in [-0.05, 0) is 29.3 Å². The molecule has 0 saturated carbocycles. The molecule has 0 aliphatic rings. The molecule has 0 atom stereocenters. The van der Waals surface area contributed by atoms with Gasteiger partial charge in [-0.1, -0.05) is 24.3 Å². The molecule has 0 amide bonds. The van der Waals surface area contributed by atoms with Crippen LogP contribution in [0.5, 0.6) is 0 Å². The van der Waals surface area contributed by atoms with Gasteiger partial charge >= 0.3 is 0 Å². The molecule has 0 unspecified atom stereocenters. The molecular formula is C18H16FN7. The van der Waals surface area contributed by atoms with Crippen LogP contribution in [0.15, 0.2) is 54.9 Å². The van der Waals surface area contributed by atoms with Crippen molar-refractivity contribution in [3.63, 3.8) is 0 Å². The number of anilines is 1. The number of aromatic nitrogens is 5. The Hall–Kier alpha value is -3.39. The van der Waals surface area contributed by atoms with Crippen molar-refractivity contribution < 1.29 is 4.39 Å². The molecule has 4 aromatic rings. The summed E-state index contributed by atoms with van der Waals surface area (Å²) in [7, 11) is 0. The van der Waals surface area contributed by atoms with Crippen molar-refractivity contribution in [2.24, 2.45) is 5.73 Å². The van der Waals surface area contributed by atoms with Gasteiger partial charge in [0.1, 0.15) is 5.82 Å². The first-order valence-corrected chi connectivity index (χ1v) is 8.09. The molecule has 2 aromatic carbocycles. The van der Waals surface area contributed by atoms with Gasteiger partial charge in [0.15, 0.2) is 5.82 Å². The number of nitrogens with one attached hydrogen (secondary N) is 1. The fraction of sp³-hybridized carbons (Fsp3) is 0.111. The van der Waals surface area contributed by atoms with E-state index in [2.05, 4.69) is 25.6 Å². The van der Waals surface area contributed by atoms with Crippen LogP contribution in [0.1, 0.15) is 11.1 Å². The highest BCUT2D eigenvalue weighted by Gasteiger charge is 2.11. The van der Waals surface area contributed by atoms with Crippen molar-refractivity contribution in [2.45, 2.75) is 13.1 Å². The van der Waals surface area contributed by atoms with Gasteiger partial charge in [-0.3, -0.25) is 0 Å². The van der Waals surface area contributed by atoms with Gasteiger partial charge in [0.2, 0.25) is 0 Å². The van der Waals surface area contributed by atoms with Gasteiger partial charge in [0.25, 0.3) is 5.95 Å². The minimum absolute atomic E-state index is 0.274. The maximum absolute atomic E-state index is 13.3. The van der Waals surface area contributed by atoms with Gasteiger partial charge in [-0.25, -0.2) is 4.39 Å². The Morgan fingerprint density at radius 2 is 2.00 bits per heavy atom. The Labute approximate surface area is 148 Å². The summed E-state index contributed by atoms with van der Waals surface area (Å²) in [4.78, 5) is 4.45. The third-order valence-corrected chi connectivity index (χ3v) is 4.02. The number of hydrogen-bond acceptors (Lipinski definition) is 6. The number of nitrogens with zero attached hydrogens (tertiary/aromatic N) is 5. The Bertz CT molecular complexity index is 1060. The maximum Gasteiger partial charge on any atom is 0.272 e. The molecular weight excluding hydrogens is 333 g/mol. The third kappa shape index (κ3) is 3.09. The average molecular weight is 349 g/mol. The number of halogens is 1. The van der Waals surface area contributed by atoms with Crippen LogP contribution in [-0.2, 0) is 13.1 Å². The van der Waals surface area contributed by atoms with Gasteiger partial charge in [-0.2, -0.15) is 19.9 Å². The lowest BCUT2D eigenvalue weighted by atomic mass is 10.1. The lowest BCUT2D eigenvalue weighted by Gasteiger charge is -2.07. The molecule has 7 nitrogen and oxygen atoms in total. The predicted molar refractivity (Wildman–Crippen MR) is 96.1 cm³/mol. The van der Waals surface area contributed by atoms with E-state index in [1.807, 2.05) is 24.3 Å². The molecule has 0 saturated heterocycles. The van der Waals surface area contributed by atoms with Crippen LogP contribution in [0, 0.1) is 5.82 Å². The number of rotatable bonds is 5. The predicted octanol–water partition coefficient (Wildman–Crippen LogP) is 2.42. The normalized spacial score (nSPS) is 11.0. The van der Waals surface area contributed by atoms with E-state index >= 15 is 0 Å². The molecule has 0 spiro atoms. The summed E-state index contributed by atoms with van der Waals surface area (Å²) >= 11 is 0. The number of nitrogens with two attached hydrogens (primary N) is 1. The van der Waals surface area contributed by atoms with Gasteiger partial charge < -0.3 is 11.1 Å². The van der Waals surface area contributed by atoms with E-state index in [-0.39, 0.29) is 5.82 Å². The smallest absolute Gasteiger partial charge is 0.272 e. The molecule has 26 heavy (non-hydrogen) atoms. The minimum atomic E-state index is -0.274. The van der Waals surface area contributed by atoms with Crippen LogP contribution in [0.4, 0.5) is 10.2 Å². The summed E-state index contributed by atoms with van der Waals surface area (Å²) in [5.74, 6) is 0.598. The highest BCUT2D eigenvalue weighted by Crippen LogP contribution is 2.20. The van der Waals surface area contributed by atoms with E-state index in [4.69, 9.17) is 5.73 Å². The highest BCUT2D eigenvalue weighted by molar-refractivity contribution is 5.83. The van der Waals surface area contributed by atoms with Crippen LogP contribution in [0.3, 0.4) is 0 Å². The number of fused-ring (bicyclic) bond motifs is 1. The van der Waals surface area contributed by atoms with Crippen LogP contribution >= 0.6 is 0 Å². The summed E-state index contributed by atoms with van der Waals surface area (Å²) in [5.41, 5.74) is 8.44. The van der Waals surface area contributed by atoms with Crippen molar-refractivity contribution in [3.05, 3.63) is 71.8 Å². The molecule has 8 heteroatoms. The first-order chi connectivity index (χ1) is 12.7. The summed E-state index contributed by atoms with van der Waals surface area (Å²) in [6.07, 6.45) is 3.26. The highest BCUT2D eigenvalue weighted by atomic mass is 19.1. The Kier molecular flexibility index (Phi) is 4.24. The van der Waals surface area contributed by atoms with E-state index in [9.17, 15) is 4.39 Å². The molecule has 0 bridgehead atoms. The van der Waals surface area contributed by atoms with Crippen molar-refractivity contribution >= 4 is 16.7 Å². The third-order valence-electron chi connectivity index (χ3n) is 4.02. The van der Waals surface area contributed by atoms with Gasteiger partial charge in [-0.15, -0.1) is 5.10 Å². The fourth-order valence-electron chi connectivity index (χ4n) is 2.76. The standard InChI is InChI=1S/C18H16FN7/c19-14-5-1-3-12(7-14)9-21-17-11-22-25-18(24-17)26-16-6-2-4-13(8-20)15(16)10-23-26/h1-7,10-11H,8-9,20H2,(H,21,24,25). The van der Waals surface area contributed by atoms with Crippen LogP contribution in [-0.4, -0.2) is 25.0 Å². The van der Waals surface area contributed by atoms with Crippen molar-refractivity contribution in [1.29, 1.82) is 0 Å². The zero-order valence-corrected chi connectivity index (χ0v) is 13.8. The molecule has 0 fully saturated rings. The second kappa shape index (κ2) is 6.85. The van der Waals surface area contributed by atoms with E-state index in [1.54, 1.807) is 16.9 Å². The molecule has 2 aromatic heterocycles. The summed E-state index contributed by atoms with van der Waals surface area (Å²) in [5, 5.41) is 16.5. The van der Waals surface area contributed by atoms with Crippen LogP contribution in [0.2, 0.25) is 0 Å². The summed E-state index contributed by atoms with van der Waals surface area (Å²) in [6.45, 7) is 0.852. The van der Waals surface area contributed by atoms with E-state index in [1.165, 1.54) is 18.3 Å². The van der Waals surface area contributed by atoms with Gasteiger partial charge in [0.05, 0.1) is 17.9 Å². The monoisotopic (exact) mass is 349 g/mol. The second-order valence-electron chi connectivity index (χ2n) is 5.74. The first-order valence-electron chi connectivity index (χ1n) is 8.09. The molecule has 0 aliphatic carbocycles. The zero-order chi connectivity index (χ0) is 17.9. The van der Waals surface area contributed by atoms with Gasteiger partial charge in [0, 0.05) is 18.5 Å². The molecule has 2 heterocycles. The number of benzene rings is 2. The lowest BCUT2D eigenvalue weighted by Crippen LogP contribution is -2.08. The number of hydrogen-bond donors (Lipinski definition) is 2. The van der Waals surface area contributed by atoms with E-state index in [0.29, 0.717) is 24.9 Å². The SMILES string of the molecule is NCc1cccc2c1cnn2-c1nncc(NCc2cccc(F)c2)n1. The van der Waals surface area contributed by atoms with Crippen LogP contribution < -0.4 is 11.1 Å². The molecule has 4 rings (SSSR count). The summed E-state index contributed by atoms with van der Waals surface area (Å²) < 4.78 is 14.9.